The van der Waals surface area contributed by atoms with Crippen LogP contribution in [0.2, 0.25) is 0 Å². The van der Waals surface area contributed by atoms with Crippen molar-refractivity contribution in [2.45, 2.75) is 125 Å². The highest BCUT2D eigenvalue weighted by atomic mass is 16.5. The van der Waals surface area contributed by atoms with Crippen molar-refractivity contribution < 1.29 is 9.84 Å². The zero-order valence-corrected chi connectivity index (χ0v) is 20.9. The average molecular weight is 417 g/mol. The lowest BCUT2D eigenvalue weighted by molar-refractivity contribution is 0.0514. The van der Waals surface area contributed by atoms with Crippen molar-refractivity contribution in [3.8, 4) is 11.5 Å². The van der Waals surface area contributed by atoms with Gasteiger partial charge in [0.05, 0.1) is 0 Å². The molecule has 0 bridgehead atoms. The van der Waals surface area contributed by atoms with Gasteiger partial charge in [-0.05, 0) is 87.0 Å². The van der Waals surface area contributed by atoms with Crippen LogP contribution in [0.3, 0.4) is 0 Å². The van der Waals surface area contributed by atoms with Crippen LogP contribution in [0.5, 0.6) is 11.5 Å². The van der Waals surface area contributed by atoms with Crippen LogP contribution in [0.4, 0.5) is 0 Å². The third-order valence-corrected chi connectivity index (χ3v) is 7.44. The van der Waals surface area contributed by atoms with Crippen LogP contribution >= 0.6 is 0 Å². The summed E-state index contributed by atoms with van der Waals surface area (Å²) in [6.07, 6.45) is 14.1. The van der Waals surface area contributed by atoms with Crippen molar-refractivity contribution in [1.82, 2.24) is 0 Å². The number of phenols is 1. The minimum absolute atomic E-state index is 0.0637. The summed E-state index contributed by atoms with van der Waals surface area (Å²) in [7, 11) is 0. The molecule has 0 saturated carbocycles. The molecule has 30 heavy (non-hydrogen) atoms. The molecule has 1 heterocycles. The van der Waals surface area contributed by atoms with E-state index in [4.69, 9.17) is 4.74 Å². The van der Waals surface area contributed by atoms with Crippen molar-refractivity contribution in [2.75, 3.05) is 0 Å². The van der Waals surface area contributed by atoms with E-state index in [-0.39, 0.29) is 5.60 Å². The van der Waals surface area contributed by atoms with Gasteiger partial charge in [-0.1, -0.05) is 72.6 Å². The molecule has 0 fully saturated rings. The fourth-order valence-corrected chi connectivity index (χ4v) is 4.94. The van der Waals surface area contributed by atoms with E-state index in [0.29, 0.717) is 5.75 Å². The third-order valence-electron chi connectivity index (χ3n) is 7.44. The van der Waals surface area contributed by atoms with Crippen LogP contribution in [-0.2, 0) is 6.42 Å². The molecule has 1 aromatic carbocycles. The molecule has 2 heteroatoms. The van der Waals surface area contributed by atoms with Crippen molar-refractivity contribution in [2.24, 2.45) is 17.8 Å². The minimum Gasteiger partial charge on any atom is -0.508 e. The number of hydrogen-bond donors (Lipinski definition) is 1. The van der Waals surface area contributed by atoms with Gasteiger partial charge >= 0.3 is 0 Å². The second-order valence-electron chi connectivity index (χ2n) is 11.0. The van der Waals surface area contributed by atoms with Crippen LogP contribution in [0, 0.1) is 31.6 Å². The summed E-state index contributed by atoms with van der Waals surface area (Å²) in [5, 5.41) is 10.1. The Hall–Kier alpha value is -1.18. The smallest absolute Gasteiger partial charge is 0.126 e. The Bertz CT molecular complexity index is 663. The second-order valence-corrected chi connectivity index (χ2v) is 11.0. The Balaban J connectivity index is 1.69. The van der Waals surface area contributed by atoms with Gasteiger partial charge in [0.2, 0.25) is 0 Å². The Labute approximate surface area is 186 Å². The Kier molecular flexibility index (Phi) is 9.57. The van der Waals surface area contributed by atoms with E-state index in [9.17, 15) is 5.11 Å². The van der Waals surface area contributed by atoms with E-state index in [0.717, 1.165) is 53.9 Å². The van der Waals surface area contributed by atoms with Crippen LogP contribution in [-0.4, -0.2) is 10.7 Å². The molecule has 0 unspecified atom stereocenters. The summed E-state index contributed by atoms with van der Waals surface area (Å²) in [5.74, 6) is 3.98. The van der Waals surface area contributed by atoms with E-state index in [2.05, 4.69) is 41.5 Å². The normalized spacial score (nSPS) is 20.7. The van der Waals surface area contributed by atoms with Crippen LogP contribution in [0.1, 0.15) is 116 Å². The van der Waals surface area contributed by atoms with Crippen molar-refractivity contribution >= 4 is 0 Å². The van der Waals surface area contributed by atoms with Crippen molar-refractivity contribution in [1.29, 1.82) is 0 Å². The molecule has 1 aromatic rings. The molecule has 0 amide bonds. The topological polar surface area (TPSA) is 29.5 Å². The molecule has 1 aliphatic rings. The molecule has 0 aromatic heterocycles. The maximum Gasteiger partial charge on any atom is 0.126 e. The van der Waals surface area contributed by atoms with Crippen LogP contribution < -0.4 is 4.74 Å². The molecular weight excluding hydrogens is 368 g/mol. The molecule has 0 saturated heterocycles. The number of aryl methyl sites for hydroxylation is 1. The lowest BCUT2D eigenvalue weighted by Crippen LogP contribution is -2.36. The summed E-state index contributed by atoms with van der Waals surface area (Å²) in [4.78, 5) is 0. The predicted molar refractivity (Wildman–Crippen MR) is 130 cm³/mol. The first kappa shape index (κ1) is 25.1. The highest BCUT2D eigenvalue weighted by molar-refractivity contribution is 5.53. The fourth-order valence-electron chi connectivity index (χ4n) is 4.94. The first-order valence-corrected chi connectivity index (χ1v) is 12.6. The zero-order chi connectivity index (χ0) is 22.3. The largest absolute Gasteiger partial charge is 0.508 e. The quantitative estimate of drug-likeness (QED) is 0.370. The van der Waals surface area contributed by atoms with Crippen LogP contribution in [0.15, 0.2) is 6.07 Å². The van der Waals surface area contributed by atoms with Crippen molar-refractivity contribution in [3.05, 3.63) is 22.8 Å². The number of benzene rings is 1. The van der Waals surface area contributed by atoms with Gasteiger partial charge in [0.15, 0.2) is 0 Å². The van der Waals surface area contributed by atoms with Gasteiger partial charge in [0, 0.05) is 0 Å². The summed E-state index contributed by atoms with van der Waals surface area (Å²) < 4.78 is 6.52. The maximum absolute atomic E-state index is 10.1. The van der Waals surface area contributed by atoms with E-state index < -0.39 is 0 Å². The lowest BCUT2D eigenvalue weighted by Gasteiger charge is -2.37. The SMILES string of the molecule is Cc1c(O)cc2c(c1C)O[C@](C)(CCC[C@@H](C)CCC[C@@H](C)CCCC(C)C)CC2. The number of ether oxygens (including phenoxy) is 1. The van der Waals surface area contributed by atoms with E-state index in [1.807, 2.05) is 13.0 Å². The van der Waals surface area contributed by atoms with Gasteiger partial charge in [-0.3, -0.25) is 0 Å². The van der Waals surface area contributed by atoms with Gasteiger partial charge in [0.1, 0.15) is 17.1 Å². The molecule has 1 N–H and O–H groups in total. The van der Waals surface area contributed by atoms with Gasteiger partial charge < -0.3 is 9.84 Å². The number of fused-ring (bicyclic) bond motifs is 1. The zero-order valence-electron chi connectivity index (χ0n) is 20.9. The van der Waals surface area contributed by atoms with E-state index in [1.165, 1.54) is 56.9 Å². The Morgan fingerprint density at radius 3 is 2.07 bits per heavy atom. The second kappa shape index (κ2) is 11.4. The summed E-state index contributed by atoms with van der Waals surface area (Å²) in [6.45, 7) is 15.9. The standard InChI is InChI=1S/C28H48O2/c1-20(2)11-8-12-21(3)13-9-14-22(4)15-10-17-28(7)18-16-25-19-26(29)23(5)24(6)27(25)30-28/h19-22,29H,8-18H2,1-7H3/t21-,22-,28+/m0/s1. The molecular formula is C28H48O2. The molecule has 2 nitrogen and oxygen atoms in total. The highest BCUT2D eigenvalue weighted by Crippen LogP contribution is 2.42. The fraction of sp³-hybridized carbons (Fsp3) is 0.786. The molecule has 1 aliphatic heterocycles. The Morgan fingerprint density at radius 2 is 1.47 bits per heavy atom. The summed E-state index contributed by atoms with van der Waals surface area (Å²) in [5.41, 5.74) is 3.16. The number of phenolic OH excluding ortho intramolecular Hbond substituents is 1. The van der Waals surface area contributed by atoms with Gasteiger partial charge in [-0.15, -0.1) is 0 Å². The van der Waals surface area contributed by atoms with E-state index in [1.54, 1.807) is 0 Å². The molecule has 3 atom stereocenters. The maximum atomic E-state index is 10.1. The van der Waals surface area contributed by atoms with E-state index >= 15 is 0 Å². The third kappa shape index (κ3) is 7.50. The van der Waals surface area contributed by atoms with Gasteiger partial charge in [-0.2, -0.15) is 0 Å². The van der Waals surface area contributed by atoms with Gasteiger partial charge in [-0.25, -0.2) is 0 Å². The average Bonchev–Trinajstić information content (AvgIpc) is 2.67. The molecule has 2 rings (SSSR count). The number of rotatable bonds is 12. The molecule has 0 spiro atoms. The lowest BCUT2D eigenvalue weighted by atomic mass is 9.85. The number of aromatic hydroxyl groups is 1. The first-order valence-electron chi connectivity index (χ1n) is 12.6. The predicted octanol–water partition coefficient (Wildman–Crippen LogP) is 8.53. The monoisotopic (exact) mass is 416 g/mol. The van der Waals surface area contributed by atoms with Crippen LogP contribution in [0.25, 0.3) is 0 Å². The Morgan fingerprint density at radius 1 is 0.900 bits per heavy atom. The minimum atomic E-state index is -0.0637. The highest BCUT2D eigenvalue weighted by Gasteiger charge is 2.33. The summed E-state index contributed by atoms with van der Waals surface area (Å²) in [6, 6.07) is 1.91. The first-order chi connectivity index (χ1) is 14.1. The summed E-state index contributed by atoms with van der Waals surface area (Å²) >= 11 is 0. The number of hydrogen-bond acceptors (Lipinski definition) is 2. The molecule has 0 aliphatic carbocycles. The molecule has 0 radical (unpaired) electrons. The van der Waals surface area contributed by atoms with Crippen molar-refractivity contribution in [3.63, 3.8) is 0 Å². The molecule has 172 valence electrons. The van der Waals surface area contributed by atoms with Gasteiger partial charge in [0.25, 0.3) is 0 Å².